The lowest BCUT2D eigenvalue weighted by Crippen LogP contribution is -2.39. The fourth-order valence-corrected chi connectivity index (χ4v) is 1.95. The molecule has 0 aromatic heterocycles. The zero-order valence-electron chi connectivity index (χ0n) is 11.0. The summed E-state index contributed by atoms with van der Waals surface area (Å²) in [5, 5.41) is 6.23. The van der Waals surface area contributed by atoms with Crippen LogP contribution in [-0.4, -0.2) is 25.0 Å². The van der Waals surface area contributed by atoms with Gasteiger partial charge in [-0.15, -0.1) is 0 Å². The molecule has 1 saturated carbocycles. The molecule has 2 N–H and O–H groups in total. The van der Waals surface area contributed by atoms with Gasteiger partial charge in [-0.2, -0.15) is 0 Å². The molecule has 1 aromatic rings. The van der Waals surface area contributed by atoms with Crippen molar-refractivity contribution in [3.8, 4) is 0 Å². The molecule has 0 saturated heterocycles. The smallest absolute Gasteiger partial charge is 0.233 e. The zero-order valence-corrected chi connectivity index (χ0v) is 11.0. The summed E-state index contributed by atoms with van der Waals surface area (Å²) in [6, 6.07) is 10.7. The number of carbonyl (C=O) groups excluding carboxylic acids is 1. The minimum atomic E-state index is 0.113. The van der Waals surface area contributed by atoms with Crippen molar-refractivity contribution < 1.29 is 4.79 Å². The summed E-state index contributed by atoms with van der Waals surface area (Å²) in [5.41, 5.74) is 1.30. The molecule has 0 aliphatic heterocycles. The van der Waals surface area contributed by atoms with Gasteiger partial charge in [-0.3, -0.25) is 4.79 Å². The van der Waals surface area contributed by atoms with Crippen LogP contribution in [0.3, 0.4) is 0 Å². The largest absolute Gasteiger partial charge is 0.355 e. The molecule has 3 heteroatoms. The average molecular weight is 246 g/mol. The third-order valence-corrected chi connectivity index (χ3v) is 3.28. The Morgan fingerprint density at radius 1 is 1.33 bits per heavy atom. The normalized spacial score (nSPS) is 16.3. The summed E-state index contributed by atoms with van der Waals surface area (Å²) in [7, 11) is 0. The van der Waals surface area contributed by atoms with Gasteiger partial charge in [0.25, 0.3) is 0 Å². The van der Waals surface area contributed by atoms with Crippen molar-refractivity contribution >= 4 is 5.91 Å². The lowest BCUT2D eigenvalue weighted by atomic mass is 10.1. The second kappa shape index (κ2) is 6.55. The summed E-state index contributed by atoms with van der Waals surface area (Å²) in [4.78, 5) is 11.6. The van der Waals surface area contributed by atoms with Gasteiger partial charge in [-0.05, 0) is 37.7 Å². The zero-order chi connectivity index (χ0) is 12.8. The van der Waals surface area contributed by atoms with Crippen molar-refractivity contribution in [2.75, 3.05) is 13.1 Å². The fourth-order valence-electron chi connectivity index (χ4n) is 1.95. The molecule has 1 fully saturated rings. The Balaban J connectivity index is 1.61. The maximum atomic E-state index is 11.6. The van der Waals surface area contributed by atoms with Gasteiger partial charge in [0, 0.05) is 12.6 Å². The van der Waals surface area contributed by atoms with Gasteiger partial charge in [0.2, 0.25) is 5.91 Å². The molecule has 1 aliphatic carbocycles. The number of hydrogen-bond donors (Lipinski definition) is 2. The van der Waals surface area contributed by atoms with Crippen LogP contribution in [0.15, 0.2) is 30.3 Å². The second-order valence-electron chi connectivity index (χ2n) is 5.22. The van der Waals surface area contributed by atoms with Crippen LogP contribution in [0.4, 0.5) is 0 Å². The molecular weight excluding hydrogens is 224 g/mol. The first kappa shape index (κ1) is 13.1. The van der Waals surface area contributed by atoms with E-state index < -0.39 is 0 Å². The molecule has 1 amide bonds. The third-order valence-electron chi connectivity index (χ3n) is 3.28. The Labute approximate surface area is 109 Å². The number of hydrogen-bond acceptors (Lipinski definition) is 2. The average Bonchev–Trinajstić information content (AvgIpc) is 3.19. The van der Waals surface area contributed by atoms with E-state index in [0.29, 0.717) is 12.6 Å². The molecule has 0 spiro atoms. The summed E-state index contributed by atoms with van der Waals surface area (Å²) < 4.78 is 0. The van der Waals surface area contributed by atoms with Crippen LogP contribution >= 0.6 is 0 Å². The number of benzene rings is 1. The molecule has 1 atom stereocenters. The standard InChI is InChI=1S/C15H22N2O/c1-12(9-13-5-3-2-4-6-13)16-11-15(18)17-10-14-7-8-14/h2-6,12,14,16H,7-11H2,1H3,(H,17,18). The van der Waals surface area contributed by atoms with Gasteiger partial charge in [0.15, 0.2) is 0 Å². The first-order valence-corrected chi connectivity index (χ1v) is 6.78. The Morgan fingerprint density at radius 2 is 2.06 bits per heavy atom. The fraction of sp³-hybridized carbons (Fsp3) is 0.533. The maximum absolute atomic E-state index is 11.6. The van der Waals surface area contributed by atoms with Crippen molar-refractivity contribution in [3.05, 3.63) is 35.9 Å². The van der Waals surface area contributed by atoms with Crippen LogP contribution in [0.2, 0.25) is 0 Å². The molecule has 3 nitrogen and oxygen atoms in total. The number of rotatable bonds is 7. The molecule has 0 heterocycles. The van der Waals surface area contributed by atoms with E-state index in [0.717, 1.165) is 18.9 Å². The van der Waals surface area contributed by atoms with E-state index in [2.05, 4.69) is 29.7 Å². The summed E-state index contributed by atoms with van der Waals surface area (Å²) >= 11 is 0. The molecule has 2 rings (SSSR count). The van der Waals surface area contributed by atoms with Crippen molar-refractivity contribution in [2.45, 2.75) is 32.2 Å². The molecular formula is C15H22N2O. The SMILES string of the molecule is CC(Cc1ccccc1)NCC(=O)NCC1CC1. The summed E-state index contributed by atoms with van der Waals surface area (Å²) in [5.74, 6) is 0.859. The number of amides is 1. The quantitative estimate of drug-likeness (QED) is 0.769. The van der Waals surface area contributed by atoms with E-state index in [4.69, 9.17) is 0 Å². The van der Waals surface area contributed by atoms with Gasteiger partial charge >= 0.3 is 0 Å². The van der Waals surface area contributed by atoms with E-state index >= 15 is 0 Å². The summed E-state index contributed by atoms with van der Waals surface area (Å²) in [6.45, 7) is 3.38. The van der Waals surface area contributed by atoms with Crippen molar-refractivity contribution in [1.29, 1.82) is 0 Å². The molecule has 1 aromatic carbocycles. The van der Waals surface area contributed by atoms with Crippen LogP contribution in [0.25, 0.3) is 0 Å². The Kier molecular flexibility index (Phi) is 4.76. The highest BCUT2D eigenvalue weighted by Crippen LogP contribution is 2.27. The van der Waals surface area contributed by atoms with Crippen LogP contribution < -0.4 is 10.6 Å². The highest BCUT2D eigenvalue weighted by Gasteiger charge is 2.21. The first-order valence-electron chi connectivity index (χ1n) is 6.78. The highest BCUT2D eigenvalue weighted by molar-refractivity contribution is 5.78. The monoisotopic (exact) mass is 246 g/mol. The first-order chi connectivity index (χ1) is 8.74. The van der Waals surface area contributed by atoms with Crippen molar-refractivity contribution in [2.24, 2.45) is 5.92 Å². The van der Waals surface area contributed by atoms with Gasteiger partial charge in [0.05, 0.1) is 6.54 Å². The van der Waals surface area contributed by atoms with Gasteiger partial charge in [-0.1, -0.05) is 30.3 Å². The Bertz CT molecular complexity index is 373. The molecule has 1 aliphatic rings. The van der Waals surface area contributed by atoms with E-state index in [1.165, 1.54) is 18.4 Å². The van der Waals surface area contributed by atoms with Crippen LogP contribution in [0.5, 0.6) is 0 Å². The van der Waals surface area contributed by atoms with E-state index in [9.17, 15) is 4.79 Å². The second-order valence-corrected chi connectivity index (χ2v) is 5.22. The topological polar surface area (TPSA) is 41.1 Å². The molecule has 0 radical (unpaired) electrons. The number of carbonyl (C=O) groups is 1. The minimum Gasteiger partial charge on any atom is -0.355 e. The third kappa shape index (κ3) is 4.88. The maximum Gasteiger partial charge on any atom is 0.233 e. The molecule has 0 bridgehead atoms. The van der Waals surface area contributed by atoms with Crippen molar-refractivity contribution in [1.82, 2.24) is 10.6 Å². The van der Waals surface area contributed by atoms with Gasteiger partial charge < -0.3 is 10.6 Å². The summed E-state index contributed by atoms with van der Waals surface area (Å²) in [6.07, 6.45) is 3.51. The lowest BCUT2D eigenvalue weighted by Gasteiger charge is -2.13. The molecule has 98 valence electrons. The predicted molar refractivity (Wildman–Crippen MR) is 73.3 cm³/mol. The van der Waals surface area contributed by atoms with E-state index in [1.54, 1.807) is 0 Å². The van der Waals surface area contributed by atoms with Crippen LogP contribution in [-0.2, 0) is 11.2 Å². The molecule has 1 unspecified atom stereocenters. The van der Waals surface area contributed by atoms with Crippen LogP contribution in [0, 0.1) is 5.92 Å². The lowest BCUT2D eigenvalue weighted by molar-refractivity contribution is -0.120. The van der Waals surface area contributed by atoms with Gasteiger partial charge in [-0.25, -0.2) is 0 Å². The van der Waals surface area contributed by atoms with Crippen LogP contribution in [0.1, 0.15) is 25.3 Å². The predicted octanol–water partition coefficient (Wildman–Crippen LogP) is 1.73. The number of nitrogens with one attached hydrogen (secondary N) is 2. The van der Waals surface area contributed by atoms with Crippen molar-refractivity contribution in [3.63, 3.8) is 0 Å². The Morgan fingerprint density at radius 3 is 2.72 bits per heavy atom. The van der Waals surface area contributed by atoms with E-state index in [1.807, 2.05) is 18.2 Å². The Hall–Kier alpha value is -1.35. The highest BCUT2D eigenvalue weighted by atomic mass is 16.1. The van der Waals surface area contributed by atoms with E-state index in [-0.39, 0.29) is 5.91 Å². The van der Waals surface area contributed by atoms with Gasteiger partial charge in [0.1, 0.15) is 0 Å². The molecule has 18 heavy (non-hydrogen) atoms. The minimum absolute atomic E-state index is 0.113.